The first-order valence-corrected chi connectivity index (χ1v) is 4.52. The van der Waals surface area contributed by atoms with Crippen molar-refractivity contribution in [1.29, 1.82) is 0 Å². The average Bonchev–Trinajstić information content (AvgIpc) is 2.25. The van der Waals surface area contributed by atoms with Gasteiger partial charge in [-0.3, -0.25) is 0 Å². The summed E-state index contributed by atoms with van der Waals surface area (Å²) in [5, 5.41) is 20.4. The fourth-order valence-corrected chi connectivity index (χ4v) is 1.02. The van der Waals surface area contributed by atoms with E-state index in [4.69, 9.17) is 20.8 Å². The number of aliphatic hydroxyl groups is 1. The van der Waals surface area contributed by atoms with Gasteiger partial charge in [-0.15, -0.1) is 0 Å². The van der Waals surface area contributed by atoms with Crippen molar-refractivity contribution < 1.29 is 15.1 Å². The second kappa shape index (κ2) is 5.21. The molecule has 0 radical (unpaired) electrons. The molecule has 1 rings (SSSR count). The predicted octanol–water partition coefficient (Wildman–Crippen LogP) is 0.541. The molecular weight excluding hydrogens is 196 g/mol. The molecule has 0 bridgehead atoms. The van der Waals surface area contributed by atoms with E-state index in [0.717, 1.165) is 0 Å². The molecule has 0 aliphatic heterocycles. The molecule has 0 heterocycles. The highest BCUT2D eigenvalue weighted by Crippen LogP contribution is 2.13. The maximum Gasteiger partial charge on any atom is 0.170 e. The first-order chi connectivity index (χ1) is 7.13. The molecule has 1 aromatic rings. The summed E-state index contributed by atoms with van der Waals surface area (Å²) in [6.45, 7) is 1.84. The Morgan fingerprint density at radius 2 is 2.33 bits per heavy atom. The molecule has 0 amide bonds. The molecule has 1 aromatic carbocycles. The molecule has 0 aromatic heterocycles. The monoisotopic (exact) mass is 210 g/mol. The van der Waals surface area contributed by atoms with Gasteiger partial charge < -0.3 is 20.8 Å². The number of hydrogen-bond acceptors (Lipinski definition) is 4. The van der Waals surface area contributed by atoms with Gasteiger partial charge >= 0.3 is 0 Å². The van der Waals surface area contributed by atoms with Crippen LogP contribution in [0.2, 0.25) is 0 Å². The molecule has 0 fully saturated rings. The summed E-state index contributed by atoms with van der Waals surface area (Å²) in [5.74, 6) is 0.595. The van der Waals surface area contributed by atoms with E-state index in [2.05, 4.69) is 5.16 Å². The van der Waals surface area contributed by atoms with Crippen LogP contribution in [0.1, 0.15) is 12.5 Å². The number of nitrogens with zero attached hydrogens (tertiary/aromatic N) is 1. The lowest BCUT2D eigenvalue weighted by Crippen LogP contribution is -2.15. The van der Waals surface area contributed by atoms with Crippen molar-refractivity contribution in [2.45, 2.75) is 13.0 Å². The third-order valence-electron chi connectivity index (χ3n) is 1.73. The Bertz CT molecular complexity index is 350. The fraction of sp³-hybridized carbons (Fsp3) is 0.300. The molecule has 15 heavy (non-hydrogen) atoms. The second-order valence-corrected chi connectivity index (χ2v) is 3.17. The van der Waals surface area contributed by atoms with Crippen LogP contribution in [0.3, 0.4) is 0 Å². The molecule has 1 atom stereocenters. The van der Waals surface area contributed by atoms with Crippen LogP contribution in [-0.2, 0) is 0 Å². The number of hydrogen-bond donors (Lipinski definition) is 3. The lowest BCUT2D eigenvalue weighted by molar-refractivity contribution is 0.122. The highest BCUT2D eigenvalue weighted by molar-refractivity contribution is 5.97. The van der Waals surface area contributed by atoms with E-state index in [-0.39, 0.29) is 12.4 Å². The first kappa shape index (κ1) is 11.3. The van der Waals surface area contributed by atoms with Crippen molar-refractivity contribution in [3.63, 3.8) is 0 Å². The van der Waals surface area contributed by atoms with Gasteiger partial charge in [0.2, 0.25) is 0 Å². The van der Waals surface area contributed by atoms with Crippen LogP contribution in [0.15, 0.2) is 29.4 Å². The van der Waals surface area contributed by atoms with Crippen LogP contribution >= 0.6 is 0 Å². The van der Waals surface area contributed by atoms with Crippen LogP contribution < -0.4 is 10.5 Å². The molecule has 0 spiro atoms. The number of benzene rings is 1. The Labute approximate surface area is 87.8 Å². The van der Waals surface area contributed by atoms with Crippen molar-refractivity contribution in [1.82, 2.24) is 0 Å². The summed E-state index contributed by atoms with van der Waals surface area (Å²) in [7, 11) is 0. The van der Waals surface area contributed by atoms with Crippen molar-refractivity contribution in [3.8, 4) is 5.75 Å². The fourth-order valence-electron chi connectivity index (χ4n) is 1.02. The van der Waals surface area contributed by atoms with E-state index in [9.17, 15) is 0 Å². The molecule has 0 saturated heterocycles. The van der Waals surface area contributed by atoms with Crippen LogP contribution in [0.25, 0.3) is 0 Å². The lowest BCUT2D eigenvalue weighted by atomic mass is 10.2. The molecule has 5 nitrogen and oxygen atoms in total. The normalized spacial score (nSPS) is 13.6. The van der Waals surface area contributed by atoms with Crippen LogP contribution in [0, 0.1) is 0 Å². The minimum absolute atomic E-state index is 0.0255. The van der Waals surface area contributed by atoms with Gasteiger partial charge in [0.1, 0.15) is 12.4 Å². The summed E-state index contributed by atoms with van der Waals surface area (Å²) < 4.78 is 5.26. The third-order valence-corrected chi connectivity index (χ3v) is 1.73. The van der Waals surface area contributed by atoms with Crippen LogP contribution in [0.5, 0.6) is 5.75 Å². The van der Waals surface area contributed by atoms with Gasteiger partial charge in [-0.05, 0) is 19.1 Å². The predicted molar refractivity (Wildman–Crippen MR) is 56.1 cm³/mol. The zero-order valence-corrected chi connectivity index (χ0v) is 8.42. The van der Waals surface area contributed by atoms with Gasteiger partial charge in [0.15, 0.2) is 5.84 Å². The third kappa shape index (κ3) is 3.47. The smallest absolute Gasteiger partial charge is 0.170 e. The van der Waals surface area contributed by atoms with E-state index in [1.54, 1.807) is 31.2 Å². The van der Waals surface area contributed by atoms with Gasteiger partial charge in [-0.25, -0.2) is 0 Å². The Kier molecular flexibility index (Phi) is 3.93. The maximum atomic E-state index is 9.02. The molecule has 0 aliphatic carbocycles. The number of oxime groups is 1. The SMILES string of the molecule is CC(O)COc1cccc(/C(N)=N/O)c1. The van der Waals surface area contributed by atoms with Gasteiger partial charge in [0.05, 0.1) is 6.10 Å². The van der Waals surface area contributed by atoms with Gasteiger partial charge in [-0.2, -0.15) is 0 Å². The number of ether oxygens (including phenoxy) is 1. The Hall–Kier alpha value is -1.75. The zero-order chi connectivity index (χ0) is 11.3. The Morgan fingerprint density at radius 3 is 2.93 bits per heavy atom. The van der Waals surface area contributed by atoms with Crippen LogP contribution in [-0.4, -0.2) is 28.9 Å². The Morgan fingerprint density at radius 1 is 1.60 bits per heavy atom. The highest BCUT2D eigenvalue weighted by atomic mass is 16.5. The number of nitrogens with two attached hydrogens (primary N) is 1. The standard InChI is InChI=1S/C10H14N2O3/c1-7(13)6-15-9-4-2-3-8(5-9)10(11)12-14/h2-5,7,13-14H,6H2,1H3,(H2,11,12). The number of amidine groups is 1. The van der Waals surface area contributed by atoms with Crippen molar-refractivity contribution in [2.24, 2.45) is 10.9 Å². The van der Waals surface area contributed by atoms with E-state index in [0.29, 0.717) is 11.3 Å². The minimum Gasteiger partial charge on any atom is -0.491 e. The topological polar surface area (TPSA) is 88.1 Å². The molecule has 82 valence electrons. The average molecular weight is 210 g/mol. The van der Waals surface area contributed by atoms with Crippen molar-refractivity contribution in [2.75, 3.05) is 6.61 Å². The Balaban J connectivity index is 2.74. The summed E-state index contributed by atoms with van der Waals surface area (Å²) in [6.07, 6.45) is -0.530. The molecule has 5 heteroatoms. The van der Waals surface area contributed by atoms with Gasteiger partial charge in [0, 0.05) is 5.56 Å². The van der Waals surface area contributed by atoms with Gasteiger partial charge in [0.25, 0.3) is 0 Å². The number of aliphatic hydroxyl groups excluding tert-OH is 1. The largest absolute Gasteiger partial charge is 0.491 e. The lowest BCUT2D eigenvalue weighted by Gasteiger charge is -2.08. The van der Waals surface area contributed by atoms with Crippen molar-refractivity contribution >= 4 is 5.84 Å². The minimum atomic E-state index is -0.530. The number of rotatable bonds is 4. The first-order valence-electron chi connectivity index (χ1n) is 4.52. The van der Waals surface area contributed by atoms with E-state index in [1.807, 2.05) is 0 Å². The summed E-state index contributed by atoms with van der Waals surface area (Å²) in [6, 6.07) is 6.79. The van der Waals surface area contributed by atoms with Crippen LogP contribution in [0.4, 0.5) is 0 Å². The van der Waals surface area contributed by atoms with E-state index in [1.165, 1.54) is 0 Å². The molecule has 0 saturated carbocycles. The molecule has 0 aliphatic rings. The summed E-state index contributed by atoms with van der Waals surface area (Å²) >= 11 is 0. The van der Waals surface area contributed by atoms with Gasteiger partial charge in [-0.1, -0.05) is 17.3 Å². The molecule has 1 unspecified atom stereocenters. The van der Waals surface area contributed by atoms with E-state index >= 15 is 0 Å². The van der Waals surface area contributed by atoms with Crippen molar-refractivity contribution in [3.05, 3.63) is 29.8 Å². The zero-order valence-electron chi connectivity index (χ0n) is 8.42. The molecular formula is C10H14N2O3. The maximum absolute atomic E-state index is 9.02. The second-order valence-electron chi connectivity index (χ2n) is 3.17. The summed E-state index contributed by atoms with van der Waals surface area (Å²) in [4.78, 5) is 0. The summed E-state index contributed by atoms with van der Waals surface area (Å²) in [5.41, 5.74) is 5.98. The van der Waals surface area contributed by atoms with E-state index < -0.39 is 6.10 Å². The highest BCUT2D eigenvalue weighted by Gasteiger charge is 2.02. The quantitative estimate of drug-likeness (QED) is 0.293. The molecule has 4 N–H and O–H groups in total.